The molecule has 1 fully saturated rings. The minimum Gasteiger partial charge on any atom is -0.300 e. The monoisotopic (exact) mass is 179 g/mol. The van der Waals surface area contributed by atoms with Gasteiger partial charge in [-0.3, -0.25) is 9.69 Å². The maximum absolute atomic E-state index is 11.1. The molecule has 2 nitrogen and oxygen atoms in total. The molecule has 72 valence electrons. The number of carbonyl (C=O) groups excluding carboxylic acids is 1. The Hall–Kier alpha value is -0.810. The Kier molecular flexibility index (Phi) is 3.50. The fourth-order valence-electron chi connectivity index (χ4n) is 1.97. The minimum absolute atomic E-state index is 0.365. The SMILES string of the molecule is C#CCC(C)N1CCC(=O)CC1C. The molecule has 1 saturated heterocycles. The summed E-state index contributed by atoms with van der Waals surface area (Å²) in [4.78, 5) is 13.5. The van der Waals surface area contributed by atoms with Crippen molar-refractivity contribution >= 4 is 5.78 Å². The molecule has 0 bridgehead atoms. The molecule has 1 aliphatic heterocycles. The molecule has 1 heterocycles. The summed E-state index contributed by atoms with van der Waals surface area (Å²) < 4.78 is 0. The van der Waals surface area contributed by atoms with Crippen LogP contribution in [0.2, 0.25) is 0 Å². The topological polar surface area (TPSA) is 20.3 Å². The number of rotatable bonds is 2. The molecule has 1 rings (SSSR count). The number of Topliss-reactive ketones (excluding diaryl/α,β-unsaturated/α-hetero) is 1. The van der Waals surface area contributed by atoms with Gasteiger partial charge in [-0.1, -0.05) is 0 Å². The number of hydrogen-bond donors (Lipinski definition) is 0. The van der Waals surface area contributed by atoms with E-state index in [1.165, 1.54) is 0 Å². The van der Waals surface area contributed by atoms with E-state index in [0.29, 0.717) is 30.7 Å². The Morgan fingerprint density at radius 2 is 2.46 bits per heavy atom. The molecule has 2 atom stereocenters. The van der Waals surface area contributed by atoms with E-state index in [9.17, 15) is 4.79 Å². The summed E-state index contributed by atoms with van der Waals surface area (Å²) in [7, 11) is 0. The summed E-state index contributed by atoms with van der Waals surface area (Å²) in [5.74, 6) is 3.06. The molecule has 2 heteroatoms. The van der Waals surface area contributed by atoms with Crippen LogP contribution in [-0.2, 0) is 4.79 Å². The molecule has 0 aliphatic carbocycles. The number of hydrogen-bond acceptors (Lipinski definition) is 2. The molecule has 1 aliphatic rings. The van der Waals surface area contributed by atoms with Crippen molar-refractivity contribution in [3.63, 3.8) is 0 Å². The van der Waals surface area contributed by atoms with Crippen molar-refractivity contribution < 1.29 is 4.79 Å². The van der Waals surface area contributed by atoms with Crippen LogP contribution in [0.4, 0.5) is 0 Å². The standard InChI is InChI=1S/C11H17NO/c1-4-5-9(2)12-7-6-11(13)8-10(12)3/h1,9-10H,5-8H2,2-3H3. The van der Waals surface area contributed by atoms with Crippen molar-refractivity contribution in [2.75, 3.05) is 6.54 Å². The lowest BCUT2D eigenvalue weighted by atomic mass is 9.99. The number of carbonyl (C=O) groups is 1. The van der Waals surface area contributed by atoms with E-state index in [1.54, 1.807) is 0 Å². The Bertz CT molecular complexity index is 229. The van der Waals surface area contributed by atoms with Gasteiger partial charge in [0.25, 0.3) is 0 Å². The second-order valence-electron chi connectivity index (χ2n) is 3.84. The first kappa shape index (κ1) is 10.3. The van der Waals surface area contributed by atoms with Crippen molar-refractivity contribution in [2.45, 2.75) is 45.2 Å². The molecular formula is C11H17NO. The third kappa shape index (κ3) is 2.57. The number of ketones is 1. The molecule has 13 heavy (non-hydrogen) atoms. The second kappa shape index (κ2) is 4.43. The number of terminal acetylenes is 1. The van der Waals surface area contributed by atoms with Gasteiger partial charge in [-0.25, -0.2) is 0 Å². The summed E-state index contributed by atoms with van der Waals surface area (Å²) in [6.45, 7) is 5.11. The Morgan fingerprint density at radius 1 is 1.77 bits per heavy atom. The summed E-state index contributed by atoms with van der Waals surface area (Å²) in [5, 5.41) is 0. The van der Waals surface area contributed by atoms with Gasteiger partial charge in [0.2, 0.25) is 0 Å². The summed E-state index contributed by atoms with van der Waals surface area (Å²) in [6, 6.07) is 0.776. The fraction of sp³-hybridized carbons (Fsp3) is 0.727. The fourth-order valence-corrected chi connectivity index (χ4v) is 1.97. The van der Waals surface area contributed by atoms with Crippen LogP contribution in [0.1, 0.15) is 33.1 Å². The van der Waals surface area contributed by atoms with Gasteiger partial charge in [-0.2, -0.15) is 0 Å². The van der Waals surface area contributed by atoms with Crippen LogP contribution in [0.5, 0.6) is 0 Å². The Morgan fingerprint density at radius 3 is 3.00 bits per heavy atom. The minimum atomic E-state index is 0.365. The third-order valence-corrected chi connectivity index (χ3v) is 2.72. The number of piperidine rings is 1. The molecule has 0 amide bonds. The van der Waals surface area contributed by atoms with Gasteiger partial charge < -0.3 is 0 Å². The smallest absolute Gasteiger partial charge is 0.135 e. The first-order chi connectivity index (χ1) is 6.15. The molecule has 0 aromatic rings. The highest BCUT2D eigenvalue weighted by Gasteiger charge is 2.26. The number of likely N-dealkylation sites (tertiary alicyclic amines) is 1. The van der Waals surface area contributed by atoms with Crippen LogP contribution >= 0.6 is 0 Å². The van der Waals surface area contributed by atoms with Crippen LogP contribution in [0.3, 0.4) is 0 Å². The average molecular weight is 179 g/mol. The molecule has 0 radical (unpaired) electrons. The molecule has 0 aromatic heterocycles. The lowest BCUT2D eigenvalue weighted by molar-refractivity contribution is -0.123. The van der Waals surface area contributed by atoms with E-state index >= 15 is 0 Å². The van der Waals surface area contributed by atoms with Gasteiger partial charge in [-0.05, 0) is 13.8 Å². The van der Waals surface area contributed by atoms with E-state index in [1.807, 2.05) is 0 Å². The van der Waals surface area contributed by atoms with Crippen LogP contribution in [-0.4, -0.2) is 29.3 Å². The van der Waals surface area contributed by atoms with Gasteiger partial charge in [0.05, 0.1) is 0 Å². The van der Waals surface area contributed by atoms with Crippen molar-refractivity contribution in [3.05, 3.63) is 0 Å². The van der Waals surface area contributed by atoms with Crippen LogP contribution in [0.15, 0.2) is 0 Å². The third-order valence-electron chi connectivity index (χ3n) is 2.72. The summed E-state index contributed by atoms with van der Waals surface area (Å²) >= 11 is 0. The van der Waals surface area contributed by atoms with E-state index in [2.05, 4.69) is 24.7 Å². The maximum atomic E-state index is 11.1. The van der Waals surface area contributed by atoms with Gasteiger partial charge in [0.15, 0.2) is 0 Å². The van der Waals surface area contributed by atoms with Crippen LogP contribution in [0.25, 0.3) is 0 Å². The normalized spacial score (nSPS) is 26.8. The zero-order chi connectivity index (χ0) is 9.84. The highest BCUT2D eigenvalue weighted by atomic mass is 16.1. The average Bonchev–Trinajstić information content (AvgIpc) is 2.04. The molecular weight excluding hydrogens is 162 g/mol. The Labute approximate surface area is 80.3 Å². The zero-order valence-electron chi connectivity index (χ0n) is 8.42. The van der Waals surface area contributed by atoms with Crippen molar-refractivity contribution in [1.29, 1.82) is 0 Å². The lowest BCUT2D eigenvalue weighted by Crippen LogP contribution is -2.45. The molecule has 0 N–H and O–H groups in total. The zero-order valence-corrected chi connectivity index (χ0v) is 8.42. The van der Waals surface area contributed by atoms with Gasteiger partial charge in [0.1, 0.15) is 5.78 Å². The van der Waals surface area contributed by atoms with E-state index in [-0.39, 0.29) is 0 Å². The maximum Gasteiger partial charge on any atom is 0.135 e. The predicted octanol–water partition coefficient (Wildman–Crippen LogP) is 1.45. The molecule has 0 spiro atoms. The lowest BCUT2D eigenvalue weighted by Gasteiger charge is -2.36. The van der Waals surface area contributed by atoms with Gasteiger partial charge in [0, 0.05) is 37.9 Å². The van der Waals surface area contributed by atoms with Crippen molar-refractivity contribution in [3.8, 4) is 12.3 Å². The summed E-state index contributed by atoms with van der Waals surface area (Å²) in [5.41, 5.74) is 0. The van der Waals surface area contributed by atoms with Crippen LogP contribution in [0, 0.1) is 12.3 Å². The molecule has 0 saturated carbocycles. The second-order valence-corrected chi connectivity index (χ2v) is 3.84. The van der Waals surface area contributed by atoms with Gasteiger partial charge in [-0.15, -0.1) is 12.3 Å². The van der Waals surface area contributed by atoms with Crippen molar-refractivity contribution in [1.82, 2.24) is 4.90 Å². The van der Waals surface area contributed by atoms with Crippen molar-refractivity contribution in [2.24, 2.45) is 0 Å². The predicted molar refractivity (Wildman–Crippen MR) is 53.3 cm³/mol. The van der Waals surface area contributed by atoms with Gasteiger partial charge >= 0.3 is 0 Å². The van der Waals surface area contributed by atoms with Crippen LogP contribution < -0.4 is 0 Å². The first-order valence-electron chi connectivity index (χ1n) is 4.86. The Balaban J connectivity index is 2.51. The first-order valence-corrected chi connectivity index (χ1v) is 4.86. The quantitative estimate of drug-likeness (QED) is 0.598. The van der Waals surface area contributed by atoms with E-state index < -0.39 is 0 Å². The highest BCUT2D eigenvalue weighted by Crippen LogP contribution is 2.17. The van der Waals surface area contributed by atoms with E-state index in [4.69, 9.17) is 6.42 Å². The van der Waals surface area contributed by atoms with E-state index in [0.717, 1.165) is 13.0 Å². The largest absolute Gasteiger partial charge is 0.300 e. The highest BCUT2D eigenvalue weighted by molar-refractivity contribution is 5.79. The number of nitrogens with zero attached hydrogens (tertiary/aromatic N) is 1. The molecule has 2 unspecified atom stereocenters. The summed E-state index contributed by atoms with van der Waals surface area (Å²) in [6.07, 6.45) is 7.42. The molecule has 0 aromatic carbocycles.